The number of aliphatic carboxylic acids is 1. The van der Waals surface area contributed by atoms with Crippen LogP contribution in [0.3, 0.4) is 0 Å². The first-order valence-corrected chi connectivity index (χ1v) is 5.48. The second kappa shape index (κ2) is 5.93. The fraction of sp³-hybridized carbons (Fsp3) is 0.167. The van der Waals surface area contributed by atoms with Crippen molar-refractivity contribution in [2.24, 2.45) is 0 Å². The summed E-state index contributed by atoms with van der Waals surface area (Å²) in [4.78, 5) is 12.2. The topological polar surface area (TPSA) is 64.3 Å². The van der Waals surface area contributed by atoms with Crippen LogP contribution in [0.2, 0.25) is 0 Å². The van der Waals surface area contributed by atoms with Gasteiger partial charge in [-0.05, 0) is 28.1 Å². The molecule has 5 heteroatoms. The van der Waals surface area contributed by atoms with E-state index in [4.69, 9.17) is 16.8 Å². The van der Waals surface area contributed by atoms with Crippen molar-refractivity contribution in [1.82, 2.24) is 0 Å². The Balaban J connectivity index is 3.19. The predicted molar refractivity (Wildman–Crippen MR) is 67.5 cm³/mol. The Kier molecular flexibility index (Phi) is 4.56. The van der Waals surface area contributed by atoms with Gasteiger partial charge in [0.1, 0.15) is 12.6 Å². The second-order valence-corrected chi connectivity index (χ2v) is 4.05. The van der Waals surface area contributed by atoms with Gasteiger partial charge in [-0.2, -0.15) is 5.26 Å². The fourth-order valence-corrected chi connectivity index (χ4v) is 1.83. The summed E-state index contributed by atoms with van der Waals surface area (Å²) in [5.41, 5.74) is 0.895. The molecule has 0 spiro atoms. The molecule has 1 aromatic carbocycles. The summed E-state index contributed by atoms with van der Waals surface area (Å²) in [7, 11) is 0. The highest BCUT2D eigenvalue weighted by Crippen LogP contribution is 2.26. The lowest BCUT2D eigenvalue weighted by Crippen LogP contribution is -2.30. The van der Waals surface area contributed by atoms with Crippen LogP contribution in [-0.2, 0) is 4.79 Å². The Labute approximate surface area is 108 Å². The Morgan fingerprint density at radius 1 is 1.59 bits per heavy atom. The van der Waals surface area contributed by atoms with Crippen LogP contribution in [0.1, 0.15) is 5.56 Å². The van der Waals surface area contributed by atoms with Crippen LogP contribution in [0.15, 0.2) is 22.7 Å². The van der Waals surface area contributed by atoms with Gasteiger partial charge in [0.05, 0.1) is 17.8 Å². The first kappa shape index (κ1) is 13.1. The van der Waals surface area contributed by atoms with E-state index in [0.717, 1.165) is 0 Å². The standard InChI is InChI=1S/C12H9BrN2O2/c1-2-6-15(8-12(16)17)11-5-3-4-10(13)9(11)7-14/h1,3-5H,6,8H2,(H,16,17). The van der Waals surface area contributed by atoms with Gasteiger partial charge >= 0.3 is 5.97 Å². The number of nitriles is 1. The molecule has 0 aliphatic heterocycles. The van der Waals surface area contributed by atoms with Gasteiger partial charge in [-0.15, -0.1) is 6.42 Å². The largest absolute Gasteiger partial charge is 0.480 e. The molecule has 0 radical (unpaired) electrons. The van der Waals surface area contributed by atoms with Crippen molar-refractivity contribution in [2.45, 2.75) is 0 Å². The van der Waals surface area contributed by atoms with Gasteiger partial charge in [0.15, 0.2) is 0 Å². The number of nitrogens with zero attached hydrogens (tertiary/aromatic N) is 2. The Hall–Kier alpha value is -1.98. The molecule has 0 saturated carbocycles. The van der Waals surface area contributed by atoms with Gasteiger partial charge in [-0.25, -0.2) is 0 Å². The molecule has 0 aromatic heterocycles. The fourth-order valence-electron chi connectivity index (χ4n) is 1.39. The Morgan fingerprint density at radius 3 is 2.82 bits per heavy atom. The van der Waals surface area contributed by atoms with Gasteiger partial charge in [-0.1, -0.05) is 12.0 Å². The predicted octanol–water partition coefficient (Wildman–Crippen LogP) is 1.84. The smallest absolute Gasteiger partial charge is 0.323 e. The van der Waals surface area contributed by atoms with E-state index in [2.05, 4.69) is 21.9 Å². The third kappa shape index (κ3) is 3.24. The number of halogens is 1. The molecule has 0 heterocycles. The summed E-state index contributed by atoms with van der Waals surface area (Å²) >= 11 is 3.24. The van der Waals surface area contributed by atoms with E-state index < -0.39 is 5.97 Å². The molecule has 0 atom stereocenters. The van der Waals surface area contributed by atoms with Gasteiger partial charge in [-0.3, -0.25) is 4.79 Å². The Bertz CT molecular complexity index is 514. The van der Waals surface area contributed by atoms with Crippen molar-refractivity contribution >= 4 is 27.6 Å². The molecule has 17 heavy (non-hydrogen) atoms. The highest BCUT2D eigenvalue weighted by molar-refractivity contribution is 9.10. The lowest BCUT2D eigenvalue weighted by molar-refractivity contribution is -0.135. The van der Waals surface area contributed by atoms with Crippen molar-refractivity contribution in [3.8, 4) is 18.4 Å². The molecular weight excluding hydrogens is 284 g/mol. The SMILES string of the molecule is C#CCN(CC(=O)O)c1cccc(Br)c1C#N. The first-order chi connectivity index (χ1) is 8.10. The number of rotatable bonds is 4. The minimum Gasteiger partial charge on any atom is -0.480 e. The average Bonchev–Trinajstić information content (AvgIpc) is 2.27. The number of benzene rings is 1. The zero-order chi connectivity index (χ0) is 12.8. The van der Waals surface area contributed by atoms with E-state index >= 15 is 0 Å². The van der Waals surface area contributed by atoms with Gasteiger partial charge in [0.25, 0.3) is 0 Å². The van der Waals surface area contributed by atoms with Gasteiger partial charge in [0, 0.05) is 4.47 Å². The zero-order valence-electron chi connectivity index (χ0n) is 8.85. The minimum atomic E-state index is -0.996. The molecule has 0 amide bonds. The number of carbonyl (C=O) groups is 1. The first-order valence-electron chi connectivity index (χ1n) is 4.69. The van der Waals surface area contributed by atoms with Crippen molar-refractivity contribution < 1.29 is 9.90 Å². The van der Waals surface area contributed by atoms with E-state index in [1.165, 1.54) is 4.90 Å². The maximum atomic E-state index is 10.7. The molecular formula is C12H9BrN2O2. The maximum Gasteiger partial charge on any atom is 0.323 e. The molecule has 0 aliphatic carbocycles. The van der Waals surface area contributed by atoms with E-state index in [0.29, 0.717) is 15.7 Å². The van der Waals surface area contributed by atoms with Crippen molar-refractivity contribution in [1.29, 1.82) is 5.26 Å². The third-order valence-electron chi connectivity index (χ3n) is 2.05. The monoisotopic (exact) mass is 292 g/mol. The quantitative estimate of drug-likeness (QED) is 0.860. The molecule has 0 saturated heterocycles. The molecule has 0 unspecified atom stereocenters. The van der Waals surface area contributed by atoms with Gasteiger partial charge in [0.2, 0.25) is 0 Å². The van der Waals surface area contributed by atoms with Crippen LogP contribution in [0.4, 0.5) is 5.69 Å². The number of carboxylic acid groups (broad SMARTS) is 1. The van der Waals surface area contributed by atoms with Crippen molar-refractivity contribution in [3.05, 3.63) is 28.2 Å². The number of terminal acetylenes is 1. The highest BCUT2D eigenvalue weighted by atomic mass is 79.9. The van der Waals surface area contributed by atoms with Crippen LogP contribution in [0, 0.1) is 23.7 Å². The summed E-state index contributed by atoms with van der Waals surface area (Å²) < 4.78 is 0.616. The second-order valence-electron chi connectivity index (χ2n) is 3.20. The summed E-state index contributed by atoms with van der Waals surface area (Å²) in [6.45, 7) is -0.104. The summed E-state index contributed by atoms with van der Waals surface area (Å²) in [6.07, 6.45) is 5.19. The van der Waals surface area contributed by atoms with Crippen LogP contribution >= 0.6 is 15.9 Å². The third-order valence-corrected chi connectivity index (χ3v) is 2.71. The normalized spacial score (nSPS) is 9.12. The zero-order valence-corrected chi connectivity index (χ0v) is 10.4. The number of carboxylic acids is 1. The molecule has 0 bridgehead atoms. The molecule has 1 N–H and O–H groups in total. The minimum absolute atomic E-state index is 0.136. The van der Waals surface area contributed by atoms with Crippen molar-refractivity contribution in [2.75, 3.05) is 18.0 Å². The molecule has 1 rings (SSSR count). The Morgan fingerprint density at radius 2 is 2.29 bits per heavy atom. The highest BCUT2D eigenvalue weighted by Gasteiger charge is 2.15. The van der Waals surface area contributed by atoms with E-state index in [1.807, 2.05) is 6.07 Å². The number of anilines is 1. The van der Waals surface area contributed by atoms with Crippen LogP contribution in [0.5, 0.6) is 0 Å². The number of hydrogen-bond acceptors (Lipinski definition) is 3. The van der Waals surface area contributed by atoms with Crippen LogP contribution < -0.4 is 4.90 Å². The molecule has 4 nitrogen and oxygen atoms in total. The number of hydrogen-bond donors (Lipinski definition) is 1. The van der Waals surface area contributed by atoms with E-state index in [-0.39, 0.29) is 13.1 Å². The van der Waals surface area contributed by atoms with E-state index in [9.17, 15) is 4.79 Å². The molecule has 0 aliphatic rings. The maximum absolute atomic E-state index is 10.7. The summed E-state index contributed by atoms with van der Waals surface area (Å²) in [5, 5.41) is 17.8. The van der Waals surface area contributed by atoms with Crippen LogP contribution in [-0.4, -0.2) is 24.2 Å². The average molecular weight is 293 g/mol. The van der Waals surface area contributed by atoms with Crippen LogP contribution in [0.25, 0.3) is 0 Å². The molecule has 86 valence electrons. The summed E-state index contributed by atoms with van der Waals surface area (Å²) in [6, 6.07) is 7.14. The molecule has 1 aromatic rings. The van der Waals surface area contributed by atoms with E-state index in [1.54, 1.807) is 18.2 Å². The molecule has 0 fully saturated rings. The lowest BCUT2D eigenvalue weighted by atomic mass is 10.1. The van der Waals surface area contributed by atoms with Gasteiger partial charge < -0.3 is 10.0 Å². The summed E-state index contributed by atoms with van der Waals surface area (Å²) in [5.74, 6) is 1.38. The van der Waals surface area contributed by atoms with Crippen molar-refractivity contribution in [3.63, 3.8) is 0 Å². The lowest BCUT2D eigenvalue weighted by Gasteiger charge is -2.21.